The number of aliphatic carboxylic acids is 1. The summed E-state index contributed by atoms with van der Waals surface area (Å²) < 4.78 is 26.6. The van der Waals surface area contributed by atoms with Gasteiger partial charge in [0.1, 0.15) is 17.3 Å². The van der Waals surface area contributed by atoms with Crippen molar-refractivity contribution in [3.8, 4) is 0 Å². The van der Waals surface area contributed by atoms with Crippen LogP contribution in [-0.2, 0) is 14.3 Å². The van der Waals surface area contributed by atoms with Gasteiger partial charge < -0.3 is 19.7 Å². The lowest BCUT2D eigenvalue weighted by atomic mass is 9.69. The number of carboxylic acid groups (broad SMARTS) is 1. The zero-order chi connectivity index (χ0) is 22.5. The molecule has 0 aromatic rings. The van der Waals surface area contributed by atoms with Gasteiger partial charge in [0, 0.05) is 12.8 Å². The van der Waals surface area contributed by atoms with Gasteiger partial charge in [-0.2, -0.15) is 0 Å². The predicted octanol–water partition coefficient (Wildman–Crippen LogP) is 5.92. The second-order valence-corrected chi connectivity index (χ2v) is 8.91. The summed E-state index contributed by atoms with van der Waals surface area (Å²) in [5.41, 5.74) is -1.19. The van der Waals surface area contributed by atoms with Crippen LogP contribution >= 0.6 is 0 Å². The molecule has 3 atom stereocenters. The summed E-state index contributed by atoms with van der Waals surface area (Å²) in [5, 5.41) is 19.6. The number of ether oxygens (including phenoxy) is 2. The van der Waals surface area contributed by atoms with E-state index in [-0.39, 0.29) is 18.9 Å². The second kappa shape index (κ2) is 13.9. The first-order valence-corrected chi connectivity index (χ1v) is 12.2. The van der Waals surface area contributed by atoms with Gasteiger partial charge in [-0.3, -0.25) is 4.79 Å². The zero-order valence-corrected chi connectivity index (χ0v) is 19.1. The molecule has 0 amide bonds. The Morgan fingerprint density at radius 2 is 1.97 bits per heavy atom. The van der Waals surface area contributed by atoms with Gasteiger partial charge in [0.25, 0.3) is 0 Å². The lowest BCUT2D eigenvalue weighted by Crippen LogP contribution is -2.42. The number of halogens is 1. The summed E-state index contributed by atoms with van der Waals surface area (Å²) in [4.78, 5) is 12.8. The third-order valence-electron chi connectivity index (χ3n) is 6.68. The molecule has 2 rings (SSSR count). The fourth-order valence-corrected chi connectivity index (χ4v) is 4.90. The molecule has 178 valence electrons. The molecule has 0 aromatic heterocycles. The largest absolute Gasteiger partial charge is 0.480 e. The van der Waals surface area contributed by atoms with Crippen LogP contribution < -0.4 is 0 Å². The molecule has 2 fully saturated rings. The van der Waals surface area contributed by atoms with E-state index < -0.39 is 23.8 Å². The van der Waals surface area contributed by atoms with Crippen LogP contribution in [-0.4, -0.2) is 41.9 Å². The molecule has 0 aromatic carbocycles. The van der Waals surface area contributed by atoms with Gasteiger partial charge in [-0.25, -0.2) is 4.39 Å². The number of rotatable bonds is 14. The summed E-state index contributed by atoms with van der Waals surface area (Å²) in [6, 6.07) is 0. The molecule has 31 heavy (non-hydrogen) atoms. The Bertz CT molecular complexity index is 578. The monoisotopic (exact) mass is 440 g/mol. The number of aliphatic hydroxyl groups excluding tert-OH is 1. The van der Waals surface area contributed by atoms with Crippen LogP contribution in [0.25, 0.3) is 0 Å². The highest BCUT2D eigenvalue weighted by Gasteiger charge is 2.51. The smallest absolute Gasteiger partial charge is 0.317 e. The van der Waals surface area contributed by atoms with E-state index in [4.69, 9.17) is 14.6 Å². The highest BCUT2D eigenvalue weighted by molar-refractivity contribution is 5.78. The third kappa shape index (κ3) is 7.60. The molecule has 0 spiro atoms. The third-order valence-corrected chi connectivity index (χ3v) is 6.68. The Hall–Kier alpha value is -1.40. The number of hydrogen-bond acceptors (Lipinski definition) is 4. The molecule has 1 saturated carbocycles. The number of hydrogen-bond donors (Lipinski definition) is 2. The van der Waals surface area contributed by atoms with Crippen LogP contribution in [0.5, 0.6) is 0 Å². The molecule has 1 aliphatic carbocycles. The molecule has 0 radical (unpaired) electrons. The van der Waals surface area contributed by atoms with Gasteiger partial charge in [-0.15, -0.1) is 0 Å². The maximum Gasteiger partial charge on any atom is 0.317 e. The quantitative estimate of drug-likeness (QED) is 0.259. The van der Waals surface area contributed by atoms with E-state index in [9.17, 15) is 14.3 Å². The van der Waals surface area contributed by atoms with Crippen molar-refractivity contribution in [1.29, 1.82) is 0 Å². The summed E-state index contributed by atoms with van der Waals surface area (Å²) in [6.45, 7) is 2.56. The van der Waals surface area contributed by atoms with Crippen molar-refractivity contribution in [3.63, 3.8) is 0 Å². The fraction of sp³-hybridized carbons (Fsp3) is 0.800. The van der Waals surface area contributed by atoms with E-state index in [0.29, 0.717) is 31.6 Å². The van der Waals surface area contributed by atoms with E-state index in [1.807, 2.05) is 13.0 Å². The molecule has 6 heteroatoms. The topological polar surface area (TPSA) is 76.0 Å². The maximum atomic E-state index is 14.5. The van der Waals surface area contributed by atoms with Gasteiger partial charge in [0.05, 0.1) is 13.2 Å². The van der Waals surface area contributed by atoms with Crippen LogP contribution in [0.3, 0.4) is 0 Å². The molecule has 2 aliphatic rings. The first kappa shape index (κ1) is 25.9. The van der Waals surface area contributed by atoms with Crippen LogP contribution in [0, 0.1) is 11.3 Å². The Labute approximate surface area is 186 Å². The lowest BCUT2D eigenvalue weighted by Gasteiger charge is -2.39. The molecule has 1 aliphatic heterocycles. The standard InChI is InChI=1S/C25H41FO5/c1-2-3-13-21(26)15-16-22(31-23-14-7-10-19-30-23)25(24(28)29,17-8-4-9-18-27)20-11-5-6-12-20/h4,9,16,20-21,23,27H,2-3,5-8,10-15,17-19H2,1H3,(H,28,29)/t21?,23?,25-/m1/s1. The first-order chi connectivity index (χ1) is 15.0. The van der Waals surface area contributed by atoms with Gasteiger partial charge in [-0.1, -0.05) is 44.8 Å². The average molecular weight is 441 g/mol. The molecule has 2 N–H and O–H groups in total. The van der Waals surface area contributed by atoms with Crippen molar-refractivity contribution in [2.24, 2.45) is 11.3 Å². The zero-order valence-electron chi connectivity index (χ0n) is 19.1. The Kier molecular flexibility index (Phi) is 11.6. The maximum absolute atomic E-state index is 14.5. The molecule has 1 heterocycles. The van der Waals surface area contributed by atoms with E-state index in [0.717, 1.165) is 57.8 Å². The van der Waals surface area contributed by atoms with E-state index in [1.54, 1.807) is 12.2 Å². The van der Waals surface area contributed by atoms with Gasteiger partial charge in [-0.05, 0) is 56.9 Å². The van der Waals surface area contributed by atoms with E-state index >= 15 is 0 Å². The Morgan fingerprint density at radius 1 is 1.23 bits per heavy atom. The summed E-state index contributed by atoms with van der Waals surface area (Å²) in [5.74, 6) is -0.561. The molecular formula is C25H41FO5. The first-order valence-electron chi connectivity index (χ1n) is 12.2. The van der Waals surface area contributed by atoms with Crippen molar-refractivity contribution < 1.29 is 28.9 Å². The van der Waals surface area contributed by atoms with Crippen LogP contribution in [0.1, 0.15) is 90.4 Å². The highest BCUT2D eigenvalue weighted by Crippen LogP contribution is 2.49. The molecule has 5 nitrogen and oxygen atoms in total. The van der Waals surface area contributed by atoms with E-state index in [2.05, 4.69) is 0 Å². The fourth-order valence-electron chi connectivity index (χ4n) is 4.90. The minimum Gasteiger partial charge on any atom is -0.480 e. The van der Waals surface area contributed by atoms with Crippen molar-refractivity contribution in [1.82, 2.24) is 0 Å². The number of aliphatic hydroxyl groups is 1. The average Bonchev–Trinajstić information content (AvgIpc) is 3.31. The minimum atomic E-state index is -1.19. The summed E-state index contributed by atoms with van der Waals surface area (Å²) in [7, 11) is 0. The summed E-state index contributed by atoms with van der Waals surface area (Å²) >= 11 is 0. The van der Waals surface area contributed by atoms with Crippen molar-refractivity contribution in [3.05, 3.63) is 24.0 Å². The number of allylic oxidation sites excluding steroid dienone is 2. The highest BCUT2D eigenvalue weighted by atomic mass is 19.1. The summed E-state index contributed by atoms with van der Waals surface area (Å²) in [6.07, 6.45) is 13.3. The Balaban J connectivity index is 2.35. The van der Waals surface area contributed by atoms with Crippen LogP contribution in [0.4, 0.5) is 4.39 Å². The normalized spacial score (nSPS) is 23.7. The van der Waals surface area contributed by atoms with Gasteiger partial charge >= 0.3 is 5.97 Å². The number of unbranched alkanes of at least 4 members (excludes halogenated alkanes) is 1. The van der Waals surface area contributed by atoms with Gasteiger partial charge in [0.15, 0.2) is 6.29 Å². The van der Waals surface area contributed by atoms with E-state index in [1.165, 1.54) is 0 Å². The number of alkyl halides is 1. The Morgan fingerprint density at radius 3 is 2.58 bits per heavy atom. The van der Waals surface area contributed by atoms with Crippen molar-refractivity contribution in [2.45, 2.75) is 103 Å². The SMILES string of the molecule is CCCCC(F)CC=C(OC1CCCCO1)[C@](CCC=CCO)(C(=O)O)C1CCCC1. The van der Waals surface area contributed by atoms with Gasteiger partial charge in [0.2, 0.25) is 0 Å². The molecule has 1 saturated heterocycles. The minimum absolute atomic E-state index is 0.0453. The second-order valence-electron chi connectivity index (χ2n) is 8.91. The molecule has 2 unspecified atom stereocenters. The predicted molar refractivity (Wildman–Crippen MR) is 119 cm³/mol. The van der Waals surface area contributed by atoms with Crippen LogP contribution in [0.2, 0.25) is 0 Å². The van der Waals surface area contributed by atoms with Crippen LogP contribution in [0.15, 0.2) is 24.0 Å². The molecule has 0 bridgehead atoms. The number of carbonyl (C=O) groups is 1. The van der Waals surface area contributed by atoms with Crippen molar-refractivity contribution >= 4 is 5.97 Å². The molecular weight excluding hydrogens is 399 g/mol. The van der Waals surface area contributed by atoms with Crippen molar-refractivity contribution in [2.75, 3.05) is 13.2 Å². The number of carboxylic acids is 1. The lowest BCUT2D eigenvalue weighted by molar-refractivity contribution is -0.171.